The van der Waals surface area contributed by atoms with Gasteiger partial charge in [0.25, 0.3) is 0 Å². The molecule has 1 saturated heterocycles. The number of amides is 1. The highest BCUT2D eigenvalue weighted by atomic mass is 32.2. The van der Waals surface area contributed by atoms with Crippen LogP contribution in [0.1, 0.15) is 23.7 Å². The lowest BCUT2D eigenvalue weighted by atomic mass is 10.1. The van der Waals surface area contributed by atoms with Crippen molar-refractivity contribution in [3.05, 3.63) is 29.6 Å². The van der Waals surface area contributed by atoms with Crippen molar-refractivity contribution < 1.29 is 14.0 Å². The van der Waals surface area contributed by atoms with E-state index in [1.165, 1.54) is 13.0 Å². The third kappa shape index (κ3) is 4.48. The second kappa shape index (κ2) is 8.48. The third-order valence-electron chi connectivity index (χ3n) is 4.24. The Morgan fingerprint density at radius 3 is 2.50 bits per heavy atom. The maximum absolute atomic E-state index is 14.2. The number of halogens is 1. The van der Waals surface area contributed by atoms with Gasteiger partial charge in [0.15, 0.2) is 5.78 Å². The minimum Gasteiger partial charge on any atom is -0.366 e. The van der Waals surface area contributed by atoms with E-state index in [1.807, 2.05) is 11.2 Å². The second-order valence-electron chi connectivity index (χ2n) is 5.92. The molecule has 0 aromatic heterocycles. The molecular formula is C17H24FN3O2S. The predicted molar refractivity (Wildman–Crippen MR) is 96.2 cm³/mol. The fraction of sp³-hybridized carbons (Fsp3) is 0.529. The first-order valence-corrected chi connectivity index (χ1v) is 9.42. The molecule has 1 amide bonds. The fourth-order valence-electron chi connectivity index (χ4n) is 2.75. The normalized spacial score (nSPS) is 16.2. The molecule has 1 unspecified atom stereocenters. The number of ketones is 1. The zero-order valence-electron chi connectivity index (χ0n) is 14.1. The molecule has 0 aliphatic carbocycles. The molecule has 0 bridgehead atoms. The summed E-state index contributed by atoms with van der Waals surface area (Å²) in [4.78, 5) is 27.3. The number of carbonyl (C=O) groups is 2. The molecule has 2 rings (SSSR count). The highest BCUT2D eigenvalue weighted by Gasteiger charge is 2.26. The van der Waals surface area contributed by atoms with E-state index in [9.17, 15) is 14.0 Å². The lowest BCUT2D eigenvalue weighted by Crippen LogP contribution is -2.53. The van der Waals surface area contributed by atoms with E-state index >= 15 is 0 Å². The molecule has 1 aromatic carbocycles. The zero-order chi connectivity index (χ0) is 17.7. The van der Waals surface area contributed by atoms with Gasteiger partial charge in [0.1, 0.15) is 5.82 Å². The molecule has 1 atom stereocenters. The summed E-state index contributed by atoms with van der Waals surface area (Å²) in [6.45, 7) is 3.58. The summed E-state index contributed by atoms with van der Waals surface area (Å²) in [6.07, 6.45) is 2.66. The largest absolute Gasteiger partial charge is 0.366 e. The molecule has 7 heteroatoms. The Balaban J connectivity index is 1.95. The van der Waals surface area contributed by atoms with Crippen LogP contribution in [0.5, 0.6) is 0 Å². The van der Waals surface area contributed by atoms with Crippen molar-refractivity contribution in [2.24, 2.45) is 5.73 Å². The number of hydrogen-bond donors (Lipinski definition) is 1. The van der Waals surface area contributed by atoms with E-state index in [0.717, 1.165) is 5.75 Å². The van der Waals surface area contributed by atoms with Crippen LogP contribution in [0.25, 0.3) is 0 Å². The van der Waals surface area contributed by atoms with Crippen LogP contribution in [0.3, 0.4) is 0 Å². The Morgan fingerprint density at radius 1 is 1.29 bits per heavy atom. The number of nitrogens with zero attached hydrogens (tertiary/aromatic N) is 2. The van der Waals surface area contributed by atoms with Crippen molar-refractivity contribution in [3.8, 4) is 0 Å². The molecule has 1 fully saturated rings. The van der Waals surface area contributed by atoms with Gasteiger partial charge in [-0.1, -0.05) is 0 Å². The summed E-state index contributed by atoms with van der Waals surface area (Å²) >= 11 is 1.67. The average Bonchev–Trinajstić information content (AvgIpc) is 2.59. The quantitative estimate of drug-likeness (QED) is 0.790. The smallest absolute Gasteiger partial charge is 0.239 e. The summed E-state index contributed by atoms with van der Waals surface area (Å²) in [5, 5.41) is 0. The van der Waals surface area contributed by atoms with Gasteiger partial charge >= 0.3 is 0 Å². The molecule has 5 nitrogen and oxygen atoms in total. The van der Waals surface area contributed by atoms with Gasteiger partial charge in [-0.3, -0.25) is 9.59 Å². The van der Waals surface area contributed by atoms with Gasteiger partial charge in [-0.25, -0.2) is 4.39 Å². The van der Waals surface area contributed by atoms with Crippen molar-refractivity contribution >= 4 is 29.1 Å². The van der Waals surface area contributed by atoms with Crippen molar-refractivity contribution in [1.82, 2.24) is 4.90 Å². The Morgan fingerprint density at radius 2 is 1.96 bits per heavy atom. The van der Waals surface area contributed by atoms with E-state index in [4.69, 9.17) is 5.73 Å². The van der Waals surface area contributed by atoms with Crippen molar-refractivity contribution in [2.75, 3.05) is 43.1 Å². The Hall–Kier alpha value is -1.60. The molecule has 0 saturated carbocycles. The zero-order valence-corrected chi connectivity index (χ0v) is 14.9. The van der Waals surface area contributed by atoms with Gasteiger partial charge in [0, 0.05) is 31.7 Å². The van der Waals surface area contributed by atoms with Crippen LogP contribution in [-0.4, -0.2) is 60.8 Å². The first-order chi connectivity index (χ1) is 11.4. The van der Waals surface area contributed by atoms with Crippen LogP contribution in [0.4, 0.5) is 10.1 Å². The van der Waals surface area contributed by atoms with E-state index < -0.39 is 11.9 Å². The maximum atomic E-state index is 14.2. The molecule has 24 heavy (non-hydrogen) atoms. The number of piperazine rings is 1. The van der Waals surface area contributed by atoms with Gasteiger partial charge in [-0.05, 0) is 43.6 Å². The lowest BCUT2D eigenvalue weighted by Gasteiger charge is -2.37. The summed E-state index contributed by atoms with van der Waals surface area (Å²) in [5.74, 6) is 0.269. The number of anilines is 1. The van der Waals surface area contributed by atoms with Crippen LogP contribution >= 0.6 is 11.8 Å². The number of benzene rings is 1. The van der Waals surface area contributed by atoms with Crippen molar-refractivity contribution in [1.29, 1.82) is 0 Å². The van der Waals surface area contributed by atoms with E-state index in [1.54, 1.807) is 28.8 Å². The van der Waals surface area contributed by atoms with Crippen molar-refractivity contribution in [2.45, 2.75) is 19.4 Å². The highest BCUT2D eigenvalue weighted by Crippen LogP contribution is 2.22. The van der Waals surface area contributed by atoms with E-state index in [2.05, 4.69) is 0 Å². The predicted octanol–water partition coefficient (Wildman–Crippen LogP) is 1.76. The number of carbonyl (C=O) groups excluding carboxylic acids is 2. The molecule has 0 radical (unpaired) electrons. The SMILES string of the molecule is CSCCC(N)C(=O)N1CCN(c2ccc(C(C)=O)cc2F)CC1. The van der Waals surface area contributed by atoms with Crippen LogP contribution in [0.2, 0.25) is 0 Å². The number of rotatable bonds is 6. The summed E-state index contributed by atoms with van der Waals surface area (Å²) in [6, 6.07) is 4.08. The molecular weight excluding hydrogens is 329 g/mol. The van der Waals surface area contributed by atoms with Crippen LogP contribution in [-0.2, 0) is 4.79 Å². The minimum atomic E-state index is -0.462. The minimum absolute atomic E-state index is 0.0314. The van der Waals surface area contributed by atoms with Gasteiger partial charge < -0.3 is 15.5 Å². The molecule has 132 valence electrons. The van der Waals surface area contributed by atoms with Gasteiger partial charge in [-0.15, -0.1) is 0 Å². The molecule has 1 aliphatic rings. The van der Waals surface area contributed by atoms with Gasteiger partial charge in [0.05, 0.1) is 11.7 Å². The summed E-state index contributed by atoms with van der Waals surface area (Å²) in [7, 11) is 0. The Kier molecular flexibility index (Phi) is 6.62. The van der Waals surface area contributed by atoms with Gasteiger partial charge in [-0.2, -0.15) is 11.8 Å². The first-order valence-electron chi connectivity index (χ1n) is 8.02. The molecule has 0 spiro atoms. The standard InChI is InChI=1S/C17H24FN3O2S/c1-12(22)13-3-4-16(14(18)11-13)20-6-8-21(9-7-20)17(23)15(19)5-10-24-2/h3-4,11,15H,5-10,19H2,1-2H3. The second-order valence-corrected chi connectivity index (χ2v) is 6.91. The first kappa shape index (κ1) is 18.7. The highest BCUT2D eigenvalue weighted by molar-refractivity contribution is 7.98. The number of hydrogen-bond acceptors (Lipinski definition) is 5. The number of nitrogens with two attached hydrogens (primary N) is 1. The van der Waals surface area contributed by atoms with Crippen molar-refractivity contribution in [3.63, 3.8) is 0 Å². The fourth-order valence-corrected chi connectivity index (χ4v) is 3.24. The van der Waals surface area contributed by atoms with E-state index in [-0.39, 0.29) is 11.7 Å². The van der Waals surface area contributed by atoms with E-state index in [0.29, 0.717) is 43.9 Å². The number of thioether (sulfide) groups is 1. The summed E-state index contributed by atoms with van der Waals surface area (Å²) < 4.78 is 14.2. The Bertz CT molecular complexity index is 603. The van der Waals surface area contributed by atoms with Crippen LogP contribution in [0.15, 0.2) is 18.2 Å². The maximum Gasteiger partial charge on any atom is 0.239 e. The molecule has 1 aromatic rings. The van der Waals surface area contributed by atoms with Crippen LogP contribution < -0.4 is 10.6 Å². The Labute approximate surface area is 146 Å². The topological polar surface area (TPSA) is 66.6 Å². The lowest BCUT2D eigenvalue weighted by molar-refractivity contribution is -0.132. The molecule has 1 aliphatic heterocycles. The van der Waals surface area contributed by atoms with Crippen LogP contribution in [0, 0.1) is 5.82 Å². The monoisotopic (exact) mass is 353 g/mol. The summed E-state index contributed by atoms with van der Waals surface area (Å²) in [5.41, 5.74) is 6.78. The number of Topliss-reactive ketones (excluding diaryl/α,β-unsaturated/α-hetero) is 1. The molecule has 1 heterocycles. The molecule has 2 N–H and O–H groups in total. The third-order valence-corrected chi connectivity index (χ3v) is 4.88. The average molecular weight is 353 g/mol. The van der Waals surface area contributed by atoms with Gasteiger partial charge in [0.2, 0.25) is 5.91 Å².